The summed E-state index contributed by atoms with van der Waals surface area (Å²) in [6.45, 7) is 3.10. The molecule has 2 N–H and O–H groups in total. The van der Waals surface area contributed by atoms with Gasteiger partial charge in [-0.25, -0.2) is 4.79 Å². The Morgan fingerprint density at radius 2 is 1.93 bits per heavy atom. The van der Waals surface area contributed by atoms with Gasteiger partial charge >= 0.3 is 12.1 Å². The van der Waals surface area contributed by atoms with Crippen LogP contribution in [0.3, 0.4) is 0 Å². The first kappa shape index (κ1) is 21.1. The lowest BCUT2D eigenvalue weighted by Gasteiger charge is -2.29. The Kier molecular flexibility index (Phi) is 9.03. The molecule has 2 rings (SSSR count). The second-order valence-corrected chi connectivity index (χ2v) is 6.15. The van der Waals surface area contributed by atoms with Gasteiger partial charge in [0.25, 0.3) is 0 Å². The minimum absolute atomic E-state index is 0.101. The molecule has 1 aliphatic rings. The molecule has 2 atom stereocenters. The van der Waals surface area contributed by atoms with Crippen molar-refractivity contribution in [3.63, 3.8) is 0 Å². The molecule has 0 saturated carbocycles. The summed E-state index contributed by atoms with van der Waals surface area (Å²) in [5, 5.41) is 13.0. The zero-order valence-electron chi connectivity index (χ0n) is 15.5. The molecule has 8 heteroatoms. The first-order valence-corrected chi connectivity index (χ1v) is 9.12. The van der Waals surface area contributed by atoms with Gasteiger partial charge in [-0.05, 0) is 18.9 Å². The molecule has 0 radical (unpaired) electrons. The predicted octanol–water partition coefficient (Wildman–Crippen LogP) is 1.75. The Bertz CT molecular complexity index is 575. The van der Waals surface area contributed by atoms with Crippen LogP contribution in [0, 0.1) is 0 Å². The van der Waals surface area contributed by atoms with Gasteiger partial charge in [0.05, 0.1) is 38.4 Å². The minimum Gasteiger partial charge on any atom is -0.466 e. The number of carbonyl (C=O) groups is 2. The summed E-state index contributed by atoms with van der Waals surface area (Å²) >= 11 is 0. The summed E-state index contributed by atoms with van der Waals surface area (Å²) in [5.41, 5.74) is 0.843. The predicted molar refractivity (Wildman–Crippen MR) is 95.7 cm³/mol. The van der Waals surface area contributed by atoms with Crippen molar-refractivity contribution in [3.05, 3.63) is 35.9 Å². The number of benzene rings is 1. The lowest BCUT2D eigenvalue weighted by atomic mass is 10.0. The van der Waals surface area contributed by atoms with Gasteiger partial charge < -0.3 is 29.4 Å². The van der Waals surface area contributed by atoms with Gasteiger partial charge in [-0.3, -0.25) is 4.79 Å². The molecule has 0 aromatic heterocycles. The van der Waals surface area contributed by atoms with Crippen LogP contribution in [0.1, 0.15) is 31.7 Å². The molecule has 2 unspecified atom stereocenters. The standard InChI is InChI=1S/C19H27NO7/c1-2-24-17(22)12-16(21)15(11-18-25-9-6-10-26-18)20-19(23)27-13-14-7-4-3-5-8-14/h3-5,7-8,15-16,18,21H,2,6,9-13H2,1H3,(H,20,23). The minimum atomic E-state index is -1.15. The molecule has 1 heterocycles. The second kappa shape index (κ2) is 11.5. The van der Waals surface area contributed by atoms with Gasteiger partial charge in [0.1, 0.15) is 6.61 Å². The quantitative estimate of drug-likeness (QED) is 0.628. The van der Waals surface area contributed by atoms with E-state index in [4.69, 9.17) is 18.9 Å². The van der Waals surface area contributed by atoms with E-state index in [1.54, 1.807) is 6.92 Å². The molecule has 27 heavy (non-hydrogen) atoms. The topological polar surface area (TPSA) is 103 Å². The molecular weight excluding hydrogens is 354 g/mol. The van der Waals surface area contributed by atoms with E-state index >= 15 is 0 Å². The number of rotatable bonds is 9. The maximum absolute atomic E-state index is 12.1. The maximum atomic E-state index is 12.1. The Balaban J connectivity index is 1.90. The number of ether oxygens (including phenoxy) is 4. The Hall–Kier alpha value is -2.16. The van der Waals surface area contributed by atoms with Crippen LogP contribution >= 0.6 is 0 Å². The normalized spacial score (nSPS) is 17.0. The molecule has 0 spiro atoms. The van der Waals surface area contributed by atoms with Gasteiger partial charge in [-0.2, -0.15) is 0 Å². The number of hydrogen-bond donors (Lipinski definition) is 2. The summed E-state index contributed by atoms with van der Waals surface area (Å²) in [5.74, 6) is -0.542. The van der Waals surface area contributed by atoms with Crippen LogP contribution in [0.25, 0.3) is 0 Å². The highest BCUT2D eigenvalue weighted by Gasteiger charge is 2.29. The number of esters is 1. The molecule has 0 aliphatic carbocycles. The Morgan fingerprint density at radius 1 is 1.22 bits per heavy atom. The fourth-order valence-electron chi connectivity index (χ4n) is 2.64. The van der Waals surface area contributed by atoms with Gasteiger partial charge in [-0.1, -0.05) is 30.3 Å². The number of aliphatic hydroxyl groups excluding tert-OH is 1. The third kappa shape index (κ3) is 7.94. The van der Waals surface area contributed by atoms with Crippen LogP contribution in [0.4, 0.5) is 4.79 Å². The van der Waals surface area contributed by atoms with E-state index in [1.807, 2.05) is 30.3 Å². The highest BCUT2D eigenvalue weighted by atomic mass is 16.7. The fraction of sp³-hybridized carbons (Fsp3) is 0.579. The molecule has 1 saturated heterocycles. The van der Waals surface area contributed by atoms with Gasteiger partial charge in [-0.15, -0.1) is 0 Å². The number of carbonyl (C=O) groups excluding carboxylic acids is 2. The van der Waals surface area contributed by atoms with Crippen LogP contribution in [0.15, 0.2) is 30.3 Å². The number of nitrogens with one attached hydrogen (secondary N) is 1. The molecule has 1 amide bonds. The monoisotopic (exact) mass is 381 g/mol. The lowest BCUT2D eigenvalue weighted by molar-refractivity contribution is -0.187. The average molecular weight is 381 g/mol. The van der Waals surface area contributed by atoms with E-state index < -0.39 is 30.5 Å². The second-order valence-electron chi connectivity index (χ2n) is 6.15. The van der Waals surface area contributed by atoms with Crippen LogP contribution in [-0.4, -0.2) is 55.4 Å². The summed E-state index contributed by atoms with van der Waals surface area (Å²) in [6, 6.07) is 8.46. The van der Waals surface area contributed by atoms with Crippen LogP contribution < -0.4 is 5.32 Å². The summed E-state index contributed by atoms with van der Waals surface area (Å²) < 4.78 is 21.0. The highest BCUT2D eigenvalue weighted by Crippen LogP contribution is 2.15. The van der Waals surface area contributed by atoms with Crippen molar-refractivity contribution in [2.75, 3.05) is 19.8 Å². The lowest BCUT2D eigenvalue weighted by Crippen LogP contribution is -2.47. The molecule has 150 valence electrons. The first-order valence-electron chi connectivity index (χ1n) is 9.12. The highest BCUT2D eigenvalue weighted by molar-refractivity contribution is 5.71. The number of alkyl carbamates (subject to hydrolysis) is 1. The number of amides is 1. The molecule has 1 aromatic rings. The smallest absolute Gasteiger partial charge is 0.407 e. The van der Waals surface area contributed by atoms with Crippen molar-refractivity contribution in [1.29, 1.82) is 0 Å². The van der Waals surface area contributed by atoms with Crippen molar-refractivity contribution in [2.45, 2.75) is 51.2 Å². The third-order valence-corrected chi connectivity index (χ3v) is 4.00. The third-order valence-electron chi connectivity index (χ3n) is 4.00. The summed E-state index contributed by atoms with van der Waals surface area (Å²) in [6.07, 6.45) is -1.66. The Morgan fingerprint density at radius 3 is 2.59 bits per heavy atom. The fourth-order valence-corrected chi connectivity index (χ4v) is 2.64. The van der Waals surface area contributed by atoms with Gasteiger partial charge in [0.15, 0.2) is 6.29 Å². The number of hydrogen-bond acceptors (Lipinski definition) is 7. The van der Waals surface area contributed by atoms with E-state index in [1.165, 1.54) is 0 Å². The van der Waals surface area contributed by atoms with E-state index in [2.05, 4.69) is 5.32 Å². The molecule has 1 aromatic carbocycles. The molecule has 0 bridgehead atoms. The zero-order chi connectivity index (χ0) is 19.5. The Labute approximate surface area is 158 Å². The molecule has 1 fully saturated rings. The van der Waals surface area contributed by atoms with Crippen molar-refractivity contribution in [2.24, 2.45) is 0 Å². The molecule has 8 nitrogen and oxygen atoms in total. The maximum Gasteiger partial charge on any atom is 0.407 e. The van der Waals surface area contributed by atoms with Crippen LogP contribution in [0.2, 0.25) is 0 Å². The summed E-state index contributed by atoms with van der Waals surface area (Å²) in [7, 11) is 0. The van der Waals surface area contributed by atoms with E-state index in [0.29, 0.717) is 13.2 Å². The SMILES string of the molecule is CCOC(=O)CC(O)C(CC1OCCCO1)NC(=O)OCc1ccccc1. The zero-order valence-corrected chi connectivity index (χ0v) is 15.5. The van der Waals surface area contributed by atoms with Gasteiger partial charge in [0.2, 0.25) is 0 Å². The molecule has 1 aliphatic heterocycles. The van der Waals surface area contributed by atoms with E-state index in [-0.39, 0.29) is 26.1 Å². The van der Waals surface area contributed by atoms with Crippen LogP contribution in [0.5, 0.6) is 0 Å². The van der Waals surface area contributed by atoms with E-state index in [0.717, 1.165) is 12.0 Å². The van der Waals surface area contributed by atoms with E-state index in [9.17, 15) is 14.7 Å². The largest absolute Gasteiger partial charge is 0.466 e. The number of aliphatic hydroxyl groups is 1. The molecular formula is C19H27NO7. The van der Waals surface area contributed by atoms with Gasteiger partial charge in [0, 0.05) is 6.42 Å². The average Bonchev–Trinajstić information content (AvgIpc) is 2.67. The summed E-state index contributed by atoms with van der Waals surface area (Å²) in [4.78, 5) is 23.8. The van der Waals surface area contributed by atoms with Crippen molar-refractivity contribution < 1.29 is 33.6 Å². The first-order chi connectivity index (χ1) is 13.1. The van der Waals surface area contributed by atoms with Crippen molar-refractivity contribution >= 4 is 12.1 Å². The van der Waals surface area contributed by atoms with Crippen molar-refractivity contribution in [3.8, 4) is 0 Å². The van der Waals surface area contributed by atoms with Crippen LogP contribution in [-0.2, 0) is 30.3 Å². The van der Waals surface area contributed by atoms with Crippen molar-refractivity contribution in [1.82, 2.24) is 5.32 Å².